The summed E-state index contributed by atoms with van der Waals surface area (Å²) in [4.78, 5) is 2.18. The smallest absolute Gasteiger partial charge is 0.229 e. The van der Waals surface area contributed by atoms with Crippen molar-refractivity contribution >= 4 is 26.9 Å². The van der Waals surface area contributed by atoms with E-state index in [0.717, 1.165) is 59.5 Å². The van der Waals surface area contributed by atoms with E-state index in [0.29, 0.717) is 18.0 Å². The maximum absolute atomic E-state index is 12.6. The van der Waals surface area contributed by atoms with Gasteiger partial charge in [0.05, 0.1) is 12.9 Å². The summed E-state index contributed by atoms with van der Waals surface area (Å²) in [5.41, 5.74) is 4.95. The fourth-order valence-electron chi connectivity index (χ4n) is 4.96. The molecule has 0 radical (unpaired) electrons. The van der Waals surface area contributed by atoms with Crippen molar-refractivity contribution < 1.29 is 27.4 Å². The van der Waals surface area contributed by atoms with Gasteiger partial charge in [0.15, 0.2) is 0 Å². The molecule has 0 bridgehead atoms. The van der Waals surface area contributed by atoms with E-state index in [2.05, 4.69) is 9.62 Å². The van der Waals surface area contributed by atoms with Crippen LogP contribution in [0.4, 0.5) is 10.1 Å². The van der Waals surface area contributed by atoms with E-state index < -0.39 is 16.1 Å². The lowest BCUT2D eigenvalue weighted by molar-refractivity contribution is 0.0668. The molecule has 0 saturated carbocycles. The first-order valence-electron chi connectivity index (χ1n) is 12.5. The van der Waals surface area contributed by atoms with Gasteiger partial charge < -0.3 is 14.6 Å². The summed E-state index contributed by atoms with van der Waals surface area (Å²) in [6.45, 7) is 4.61. The van der Waals surface area contributed by atoms with Crippen LogP contribution < -0.4 is 14.2 Å². The number of halogens is 1. The number of allylic oxidation sites excluding steroid dienone is 1. The zero-order valence-electron chi connectivity index (χ0n) is 21.4. The molecular weight excluding hydrogens is 507 g/mol. The standard InChI is InChI=1S/C29H31FN2O5S/c1-19-26-15-24(33)9-12-27(26)37-29(28(19)21-3-7-23(8-4-21)31-38(2,34)35)22-5-10-25(11-6-22)36-14-13-32-17-20(16-30)18-32/h3-12,15,20,29,31,33H,13-14,16-18H2,1-2H3. The number of hydrogen-bond acceptors (Lipinski definition) is 6. The topological polar surface area (TPSA) is 88.1 Å². The van der Waals surface area contributed by atoms with Gasteiger partial charge in [-0.3, -0.25) is 14.0 Å². The summed E-state index contributed by atoms with van der Waals surface area (Å²) in [6, 6.07) is 20.0. The highest BCUT2D eigenvalue weighted by atomic mass is 32.2. The van der Waals surface area contributed by atoms with E-state index in [1.165, 1.54) is 0 Å². The van der Waals surface area contributed by atoms with Crippen molar-refractivity contribution in [2.45, 2.75) is 13.0 Å². The van der Waals surface area contributed by atoms with Crippen LogP contribution in [-0.2, 0) is 10.0 Å². The van der Waals surface area contributed by atoms with Crippen molar-refractivity contribution in [1.29, 1.82) is 0 Å². The summed E-state index contributed by atoms with van der Waals surface area (Å²) in [6.07, 6.45) is 0.691. The van der Waals surface area contributed by atoms with Crippen molar-refractivity contribution in [2.24, 2.45) is 5.92 Å². The van der Waals surface area contributed by atoms with Gasteiger partial charge in [-0.05, 0) is 66.1 Å². The van der Waals surface area contributed by atoms with Crippen LogP contribution in [-0.4, -0.2) is 57.6 Å². The number of phenols is 1. The van der Waals surface area contributed by atoms with Gasteiger partial charge in [0.25, 0.3) is 0 Å². The van der Waals surface area contributed by atoms with Crippen LogP contribution in [0.5, 0.6) is 17.2 Å². The Morgan fingerprint density at radius 2 is 1.79 bits per heavy atom. The Kier molecular flexibility index (Phi) is 7.32. The van der Waals surface area contributed by atoms with Crippen molar-refractivity contribution in [3.8, 4) is 17.2 Å². The Morgan fingerprint density at radius 3 is 2.45 bits per heavy atom. The number of alkyl halides is 1. The molecule has 200 valence electrons. The van der Waals surface area contributed by atoms with Gasteiger partial charge in [0, 0.05) is 42.4 Å². The minimum absolute atomic E-state index is 0.150. The molecule has 1 fully saturated rings. The summed E-state index contributed by atoms with van der Waals surface area (Å²) in [5, 5.41) is 10.1. The molecule has 1 atom stereocenters. The molecule has 7 nitrogen and oxygen atoms in total. The van der Waals surface area contributed by atoms with E-state index in [1.807, 2.05) is 43.3 Å². The van der Waals surface area contributed by atoms with Gasteiger partial charge in [-0.1, -0.05) is 24.3 Å². The lowest BCUT2D eigenvalue weighted by Gasteiger charge is -2.37. The molecule has 3 aromatic carbocycles. The van der Waals surface area contributed by atoms with Crippen LogP contribution in [0.1, 0.15) is 29.7 Å². The molecule has 0 aromatic heterocycles. The van der Waals surface area contributed by atoms with Gasteiger partial charge in [-0.15, -0.1) is 0 Å². The molecule has 2 heterocycles. The van der Waals surface area contributed by atoms with E-state index in [1.54, 1.807) is 30.3 Å². The quantitative estimate of drug-likeness (QED) is 0.394. The largest absolute Gasteiger partial charge is 0.508 e. The second kappa shape index (κ2) is 10.7. The minimum Gasteiger partial charge on any atom is -0.508 e. The van der Waals surface area contributed by atoms with Crippen LogP contribution in [0.15, 0.2) is 66.7 Å². The zero-order chi connectivity index (χ0) is 26.9. The molecule has 2 aliphatic rings. The Morgan fingerprint density at radius 1 is 1.08 bits per heavy atom. The third-order valence-corrected chi connectivity index (χ3v) is 7.49. The lowest BCUT2D eigenvalue weighted by Crippen LogP contribution is -2.49. The van der Waals surface area contributed by atoms with E-state index in [-0.39, 0.29) is 18.3 Å². The molecule has 0 amide bonds. The van der Waals surface area contributed by atoms with Crippen LogP contribution in [0, 0.1) is 5.92 Å². The predicted octanol–water partition coefficient (Wildman–Crippen LogP) is 5.11. The van der Waals surface area contributed by atoms with Gasteiger partial charge >= 0.3 is 0 Å². The number of anilines is 1. The normalized spacial score (nSPS) is 17.9. The van der Waals surface area contributed by atoms with Crippen LogP contribution in [0.25, 0.3) is 11.1 Å². The van der Waals surface area contributed by atoms with Crippen LogP contribution in [0.3, 0.4) is 0 Å². The molecular formula is C29H31FN2O5S. The Bertz CT molecular complexity index is 1430. The Balaban J connectivity index is 1.39. The van der Waals surface area contributed by atoms with Crippen molar-refractivity contribution in [3.05, 3.63) is 83.4 Å². The van der Waals surface area contributed by atoms with Gasteiger partial charge in [0.2, 0.25) is 10.0 Å². The summed E-state index contributed by atoms with van der Waals surface area (Å²) in [5.74, 6) is 1.73. The number of rotatable bonds is 9. The molecule has 9 heteroatoms. The summed E-state index contributed by atoms with van der Waals surface area (Å²) in [7, 11) is -3.39. The summed E-state index contributed by atoms with van der Waals surface area (Å²) < 4.78 is 50.7. The van der Waals surface area contributed by atoms with Crippen LogP contribution in [0.2, 0.25) is 0 Å². The third kappa shape index (κ3) is 5.79. The number of likely N-dealkylation sites (tertiary alicyclic amines) is 1. The van der Waals surface area contributed by atoms with Gasteiger partial charge in [-0.25, -0.2) is 8.42 Å². The monoisotopic (exact) mass is 538 g/mol. The molecule has 5 rings (SSSR count). The molecule has 2 N–H and O–H groups in total. The first-order chi connectivity index (χ1) is 18.2. The summed E-state index contributed by atoms with van der Waals surface area (Å²) >= 11 is 0. The molecule has 0 spiro atoms. The highest BCUT2D eigenvalue weighted by molar-refractivity contribution is 7.92. The second-order valence-electron chi connectivity index (χ2n) is 9.87. The van der Waals surface area contributed by atoms with Gasteiger partial charge in [0.1, 0.15) is 30.0 Å². The Hall–Kier alpha value is -3.56. The first-order valence-corrected chi connectivity index (χ1v) is 14.4. The highest BCUT2D eigenvalue weighted by Crippen LogP contribution is 2.47. The number of aromatic hydroxyl groups is 1. The number of nitrogens with zero attached hydrogens (tertiary/aromatic N) is 1. The van der Waals surface area contributed by atoms with E-state index >= 15 is 0 Å². The molecule has 2 aliphatic heterocycles. The fourth-order valence-corrected chi connectivity index (χ4v) is 5.53. The Labute approximate surface area is 222 Å². The average Bonchev–Trinajstić information content (AvgIpc) is 2.86. The maximum Gasteiger partial charge on any atom is 0.229 e. The van der Waals surface area contributed by atoms with Crippen LogP contribution >= 0.6 is 0 Å². The van der Waals surface area contributed by atoms with E-state index in [9.17, 15) is 17.9 Å². The number of sulfonamides is 1. The molecule has 38 heavy (non-hydrogen) atoms. The first kappa shape index (κ1) is 26.1. The number of hydrogen-bond donors (Lipinski definition) is 2. The molecule has 3 aromatic rings. The second-order valence-corrected chi connectivity index (χ2v) is 11.6. The van der Waals surface area contributed by atoms with Crippen molar-refractivity contribution in [2.75, 3.05) is 43.9 Å². The van der Waals surface area contributed by atoms with E-state index in [4.69, 9.17) is 9.47 Å². The number of nitrogens with one attached hydrogen (secondary N) is 1. The molecule has 1 saturated heterocycles. The number of benzene rings is 3. The lowest BCUT2D eigenvalue weighted by atomic mass is 9.86. The number of phenolic OH excluding ortho intramolecular Hbond substituents is 1. The SMILES string of the molecule is CC1=C(c2ccc(NS(C)(=O)=O)cc2)C(c2ccc(OCCN3CC(CF)C3)cc2)Oc2ccc(O)cc21. The van der Waals surface area contributed by atoms with Crippen molar-refractivity contribution in [1.82, 2.24) is 4.90 Å². The van der Waals surface area contributed by atoms with Gasteiger partial charge in [-0.2, -0.15) is 0 Å². The number of ether oxygens (including phenoxy) is 2. The molecule has 0 aliphatic carbocycles. The zero-order valence-corrected chi connectivity index (χ0v) is 22.2. The third-order valence-electron chi connectivity index (χ3n) is 6.89. The minimum atomic E-state index is -3.39. The highest BCUT2D eigenvalue weighted by Gasteiger charge is 2.30. The predicted molar refractivity (Wildman–Crippen MR) is 147 cm³/mol. The maximum atomic E-state index is 12.6. The number of fused-ring (bicyclic) bond motifs is 1. The molecule has 1 unspecified atom stereocenters. The fraction of sp³-hybridized carbons (Fsp3) is 0.310. The van der Waals surface area contributed by atoms with Crippen molar-refractivity contribution in [3.63, 3.8) is 0 Å². The average molecular weight is 539 g/mol.